The molecular formula is C15H18N2O5S. The lowest BCUT2D eigenvalue weighted by molar-refractivity contribution is -0.135. The summed E-state index contributed by atoms with van der Waals surface area (Å²) in [5.74, 6) is 4.72. The summed E-state index contributed by atoms with van der Waals surface area (Å²) in [6.45, 7) is 2.01. The molecule has 0 unspecified atom stereocenters. The molecule has 0 saturated carbocycles. The third-order valence-electron chi connectivity index (χ3n) is 3.04. The Hall–Kier alpha value is -2.21. The number of rotatable bonds is 6. The number of hydroxylamine groups is 1. The van der Waals surface area contributed by atoms with Crippen molar-refractivity contribution >= 4 is 22.2 Å². The van der Waals surface area contributed by atoms with Crippen LogP contribution in [0.2, 0.25) is 0 Å². The first-order chi connectivity index (χ1) is 10.9. The van der Waals surface area contributed by atoms with Gasteiger partial charge < -0.3 is 4.79 Å². The van der Waals surface area contributed by atoms with E-state index in [9.17, 15) is 18.0 Å². The largest absolute Gasteiger partial charge is 0.301 e. The molecule has 0 aliphatic carbocycles. The van der Waals surface area contributed by atoms with Crippen LogP contribution in [0.1, 0.15) is 25.3 Å². The van der Waals surface area contributed by atoms with Crippen molar-refractivity contribution in [3.05, 3.63) is 29.8 Å². The van der Waals surface area contributed by atoms with E-state index in [1.165, 1.54) is 17.6 Å². The number of likely N-dealkylation sites (N-methyl/N-ethyl adjacent to an activating group) is 1. The molecule has 1 aromatic rings. The highest BCUT2D eigenvalue weighted by Gasteiger charge is 2.32. The van der Waals surface area contributed by atoms with Crippen molar-refractivity contribution < 1.29 is 23.2 Å². The van der Waals surface area contributed by atoms with E-state index in [4.69, 9.17) is 5.21 Å². The summed E-state index contributed by atoms with van der Waals surface area (Å²) in [7, 11) is -2.98. The van der Waals surface area contributed by atoms with Gasteiger partial charge in [-0.3, -0.25) is 10.0 Å². The predicted octanol–water partition coefficient (Wildman–Crippen LogP) is 0.532. The second kappa shape index (κ2) is 8.43. The Morgan fingerprint density at radius 2 is 2.00 bits per heavy atom. The van der Waals surface area contributed by atoms with E-state index in [-0.39, 0.29) is 11.2 Å². The molecule has 23 heavy (non-hydrogen) atoms. The zero-order valence-electron chi connectivity index (χ0n) is 12.8. The number of unbranched alkanes of at least 4 members (excludes halogenated alkanes) is 1. The molecule has 0 aliphatic rings. The molecule has 8 heteroatoms. The molecule has 2 N–H and O–H groups in total. The summed E-state index contributed by atoms with van der Waals surface area (Å²) in [5, 5.41) is 8.57. The summed E-state index contributed by atoms with van der Waals surface area (Å²) >= 11 is 0. The standard InChI is InChI=1S/C15H18N2O5S/c1-3-4-5-6-12-7-9-13(10-8-12)23(21,22)17(2)14(11-18)15(19)16-20/h7-11,14,20H,3-4H2,1-2H3,(H,16,19)/t14-/m0/s1. The Kier molecular flexibility index (Phi) is 6.90. The van der Waals surface area contributed by atoms with Gasteiger partial charge in [0.25, 0.3) is 5.91 Å². The smallest absolute Gasteiger partial charge is 0.269 e. The molecule has 0 fully saturated rings. The van der Waals surface area contributed by atoms with Crippen molar-refractivity contribution in [1.29, 1.82) is 0 Å². The maximum Gasteiger partial charge on any atom is 0.269 e. The van der Waals surface area contributed by atoms with Crippen molar-refractivity contribution in [2.24, 2.45) is 0 Å². The zero-order chi connectivity index (χ0) is 17.5. The predicted molar refractivity (Wildman–Crippen MR) is 83.0 cm³/mol. The monoisotopic (exact) mass is 338 g/mol. The highest BCUT2D eigenvalue weighted by atomic mass is 32.2. The van der Waals surface area contributed by atoms with Gasteiger partial charge in [-0.1, -0.05) is 18.8 Å². The van der Waals surface area contributed by atoms with E-state index < -0.39 is 22.0 Å². The maximum atomic E-state index is 12.4. The number of nitrogens with one attached hydrogen (secondary N) is 1. The summed E-state index contributed by atoms with van der Waals surface area (Å²) in [5.41, 5.74) is 1.93. The molecule has 0 spiro atoms. The fourth-order valence-corrected chi connectivity index (χ4v) is 2.95. The van der Waals surface area contributed by atoms with Crippen molar-refractivity contribution in [3.8, 4) is 11.8 Å². The van der Waals surface area contributed by atoms with Gasteiger partial charge in [0, 0.05) is 19.0 Å². The summed E-state index contributed by atoms with van der Waals surface area (Å²) in [6, 6.07) is 4.13. The van der Waals surface area contributed by atoms with Crippen molar-refractivity contribution in [1.82, 2.24) is 9.79 Å². The van der Waals surface area contributed by atoms with Gasteiger partial charge in [0.2, 0.25) is 10.0 Å². The van der Waals surface area contributed by atoms with Crippen LogP contribution in [0, 0.1) is 11.8 Å². The fraction of sp³-hybridized carbons (Fsp3) is 0.333. The Bertz CT molecular complexity index is 716. The van der Waals surface area contributed by atoms with Gasteiger partial charge in [-0.2, -0.15) is 4.31 Å². The minimum Gasteiger partial charge on any atom is -0.301 e. The zero-order valence-corrected chi connectivity index (χ0v) is 13.6. The molecule has 0 radical (unpaired) electrons. The molecule has 1 atom stereocenters. The Labute approximate surface area is 135 Å². The summed E-state index contributed by atoms with van der Waals surface area (Å²) in [6.07, 6.45) is 1.82. The average molecular weight is 338 g/mol. The number of sulfonamides is 1. The molecule has 0 saturated heterocycles. The second-order valence-electron chi connectivity index (χ2n) is 4.65. The molecule has 1 rings (SSSR count). The van der Waals surface area contributed by atoms with Crippen molar-refractivity contribution in [3.63, 3.8) is 0 Å². The number of carbonyl (C=O) groups is 2. The lowest BCUT2D eigenvalue weighted by Gasteiger charge is -2.21. The van der Waals surface area contributed by atoms with E-state index in [1.54, 1.807) is 12.1 Å². The molecule has 0 heterocycles. The van der Waals surface area contributed by atoms with Crippen LogP contribution in [0.4, 0.5) is 0 Å². The van der Waals surface area contributed by atoms with Gasteiger partial charge in [0.15, 0.2) is 6.04 Å². The quantitative estimate of drug-likeness (QED) is 0.259. The number of hydrogen-bond donors (Lipinski definition) is 2. The Morgan fingerprint density at radius 1 is 1.39 bits per heavy atom. The van der Waals surface area contributed by atoms with Crippen LogP contribution >= 0.6 is 0 Å². The lowest BCUT2D eigenvalue weighted by atomic mass is 10.2. The molecule has 0 bridgehead atoms. The topological polar surface area (TPSA) is 104 Å². The number of carbonyl (C=O) groups excluding carboxylic acids is 2. The van der Waals surface area contributed by atoms with Crippen LogP contribution in [-0.2, 0) is 19.6 Å². The lowest BCUT2D eigenvalue weighted by Crippen LogP contribution is -2.47. The minimum atomic E-state index is -4.07. The summed E-state index contributed by atoms with van der Waals surface area (Å²) < 4.78 is 25.4. The van der Waals surface area contributed by atoms with Gasteiger partial charge in [-0.25, -0.2) is 13.9 Å². The maximum absolute atomic E-state index is 12.4. The molecule has 124 valence electrons. The molecule has 1 aromatic carbocycles. The third kappa shape index (κ3) is 4.63. The number of nitrogens with zero attached hydrogens (tertiary/aromatic N) is 1. The van der Waals surface area contributed by atoms with Gasteiger partial charge in [-0.05, 0) is 30.7 Å². The normalized spacial score (nSPS) is 12.2. The van der Waals surface area contributed by atoms with Gasteiger partial charge in [0.1, 0.15) is 6.29 Å². The third-order valence-corrected chi connectivity index (χ3v) is 4.89. The SMILES string of the molecule is CCCC#Cc1ccc(S(=O)(=O)N(C)[C@@H](C=O)C(=O)NO)cc1. The average Bonchev–Trinajstić information content (AvgIpc) is 2.55. The first-order valence-electron chi connectivity index (χ1n) is 6.84. The highest BCUT2D eigenvalue weighted by Crippen LogP contribution is 2.17. The molecule has 7 nitrogen and oxygen atoms in total. The van der Waals surface area contributed by atoms with Crippen LogP contribution in [0.15, 0.2) is 29.2 Å². The summed E-state index contributed by atoms with van der Waals surface area (Å²) in [4.78, 5) is 22.2. The number of benzene rings is 1. The van der Waals surface area contributed by atoms with E-state index in [2.05, 4.69) is 11.8 Å². The first-order valence-corrected chi connectivity index (χ1v) is 8.28. The first kappa shape index (κ1) is 18.8. The molecular weight excluding hydrogens is 320 g/mol. The molecule has 1 amide bonds. The molecule has 0 aliphatic heterocycles. The number of amides is 1. The van der Waals surface area contributed by atoms with Crippen LogP contribution in [0.3, 0.4) is 0 Å². The van der Waals surface area contributed by atoms with Crippen LogP contribution in [-0.4, -0.2) is 43.2 Å². The second-order valence-corrected chi connectivity index (χ2v) is 6.65. The van der Waals surface area contributed by atoms with Crippen LogP contribution in [0.5, 0.6) is 0 Å². The number of hydrogen-bond acceptors (Lipinski definition) is 5. The van der Waals surface area contributed by atoms with Crippen molar-refractivity contribution in [2.45, 2.75) is 30.7 Å². The Balaban J connectivity index is 3.06. The van der Waals surface area contributed by atoms with E-state index in [1.807, 2.05) is 6.92 Å². The minimum absolute atomic E-state index is 0.0846. The number of aldehydes is 1. The van der Waals surface area contributed by atoms with Gasteiger partial charge in [-0.15, -0.1) is 0 Å². The van der Waals surface area contributed by atoms with Gasteiger partial charge in [0.05, 0.1) is 4.90 Å². The van der Waals surface area contributed by atoms with E-state index in [0.29, 0.717) is 9.87 Å². The van der Waals surface area contributed by atoms with E-state index >= 15 is 0 Å². The van der Waals surface area contributed by atoms with E-state index in [0.717, 1.165) is 19.9 Å². The van der Waals surface area contributed by atoms with Crippen LogP contribution < -0.4 is 5.48 Å². The fourth-order valence-electron chi connectivity index (χ4n) is 1.69. The highest BCUT2D eigenvalue weighted by molar-refractivity contribution is 7.89. The van der Waals surface area contributed by atoms with Crippen LogP contribution in [0.25, 0.3) is 0 Å². The van der Waals surface area contributed by atoms with Gasteiger partial charge >= 0.3 is 0 Å². The molecule has 0 aromatic heterocycles. The Morgan fingerprint density at radius 3 is 2.48 bits per heavy atom. The van der Waals surface area contributed by atoms with Crippen molar-refractivity contribution in [2.75, 3.05) is 7.05 Å².